The van der Waals surface area contributed by atoms with E-state index in [1.165, 1.54) is 11.6 Å². The van der Waals surface area contributed by atoms with Crippen molar-refractivity contribution in [2.24, 2.45) is 0 Å². The van der Waals surface area contributed by atoms with E-state index in [4.69, 9.17) is 4.74 Å². The first-order chi connectivity index (χ1) is 12.2. The summed E-state index contributed by atoms with van der Waals surface area (Å²) < 4.78 is 19.0. The molecule has 0 bridgehead atoms. The first-order valence-electron chi connectivity index (χ1n) is 8.57. The van der Waals surface area contributed by atoms with Crippen LogP contribution in [0.3, 0.4) is 0 Å². The van der Waals surface area contributed by atoms with Gasteiger partial charge in [-0.25, -0.2) is 4.39 Å². The van der Waals surface area contributed by atoms with Gasteiger partial charge in [0.1, 0.15) is 22.6 Å². The van der Waals surface area contributed by atoms with Gasteiger partial charge >= 0.3 is 0 Å². The van der Waals surface area contributed by atoms with Crippen molar-refractivity contribution in [2.45, 2.75) is 25.3 Å². The van der Waals surface area contributed by atoms with Crippen molar-refractivity contribution < 1.29 is 9.13 Å². The normalized spacial score (nSPS) is 18.6. The number of methoxy groups -OCH3 is 1. The lowest BCUT2D eigenvalue weighted by Crippen LogP contribution is -2.33. The molecule has 130 valence electrons. The molecule has 1 N–H and O–H groups in total. The van der Waals surface area contributed by atoms with Crippen LogP contribution in [-0.4, -0.2) is 40.5 Å². The lowest BCUT2D eigenvalue weighted by molar-refractivity contribution is 0.200. The maximum Gasteiger partial charge on any atom is 0.127 e. The Kier molecular flexibility index (Phi) is 4.36. The number of nitrogens with one attached hydrogen (secondary N) is 1. The number of nitrogens with zero attached hydrogens (tertiary/aromatic N) is 3. The first-order valence-corrected chi connectivity index (χ1v) is 8.57. The average Bonchev–Trinajstić information content (AvgIpc) is 3.09. The fourth-order valence-corrected chi connectivity index (χ4v) is 3.65. The maximum atomic E-state index is 13.8. The summed E-state index contributed by atoms with van der Waals surface area (Å²) in [6.07, 6.45) is 2.18. The van der Waals surface area contributed by atoms with Gasteiger partial charge in [0.15, 0.2) is 0 Å². The quantitative estimate of drug-likeness (QED) is 0.790. The maximum absolute atomic E-state index is 13.8. The second-order valence-electron chi connectivity index (χ2n) is 6.65. The molecule has 1 saturated heterocycles. The third-order valence-corrected chi connectivity index (χ3v) is 4.89. The molecule has 2 aromatic carbocycles. The van der Waals surface area contributed by atoms with Crippen molar-refractivity contribution in [1.29, 1.82) is 0 Å². The summed E-state index contributed by atoms with van der Waals surface area (Å²) in [4.78, 5) is 2.42. The molecule has 1 atom stereocenters. The monoisotopic (exact) mass is 340 g/mol. The zero-order valence-corrected chi connectivity index (χ0v) is 14.2. The van der Waals surface area contributed by atoms with Gasteiger partial charge in [-0.15, -0.1) is 0 Å². The van der Waals surface area contributed by atoms with E-state index >= 15 is 0 Å². The van der Waals surface area contributed by atoms with E-state index in [-0.39, 0.29) is 5.82 Å². The number of ether oxygens (including phenoxy) is 1. The molecule has 1 aliphatic rings. The Morgan fingerprint density at radius 2 is 2.08 bits per heavy atom. The minimum absolute atomic E-state index is 0.233. The highest BCUT2D eigenvalue weighted by molar-refractivity contribution is 5.74. The molecule has 0 radical (unpaired) electrons. The van der Waals surface area contributed by atoms with Crippen LogP contribution in [0.2, 0.25) is 0 Å². The van der Waals surface area contributed by atoms with Crippen LogP contribution in [0.5, 0.6) is 5.75 Å². The molecule has 5 nitrogen and oxygen atoms in total. The molecule has 1 aliphatic heterocycles. The zero-order valence-electron chi connectivity index (χ0n) is 14.2. The first kappa shape index (κ1) is 16.0. The second kappa shape index (κ2) is 6.80. The molecule has 2 heterocycles. The summed E-state index contributed by atoms with van der Waals surface area (Å²) in [5.41, 5.74) is 4.01. The van der Waals surface area contributed by atoms with Crippen LogP contribution in [0.1, 0.15) is 29.9 Å². The number of halogens is 1. The van der Waals surface area contributed by atoms with Crippen LogP contribution in [0.15, 0.2) is 36.4 Å². The molecule has 1 fully saturated rings. The van der Waals surface area contributed by atoms with Crippen LogP contribution < -0.4 is 4.74 Å². The fourth-order valence-electron chi connectivity index (χ4n) is 3.65. The molecule has 0 spiro atoms. The number of benzene rings is 2. The molecule has 0 aliphatic carbocycles. The average molecular weight is 340 g/mol. The summed E-state index contributed by atoms with van der Waals surface area (Å²) in [5.74, 6) is 0.681. The summed E-state index contributed by atoms with van der Waals surface area (Å²) in [5, 5.41) is 10.9. The van der Waals surface area contributed by atoms with Crippen LogP contribution in [0, 0.1) is 5.82 Å². The highest BCUT2D eigenvalue weighted by atomic mass is 19.1. The number of hydrogen-bond donors (Lipinski definition) is 1. The van der Waals surface area contributed by atoms with Crippen LogP contribution in [0.25, 0.3) is 11.0 Å². The van der Waals surface area contributed by atoms with Gasteiger partial charge in [-0.1, -0.05) is 6.07 Å². The smallest absolute Gasteiger partial charge is 0.127 e. The van der Waals surface area contributed by atoms with Crippen molar-refractivity contribution >= 4 is 11.0 Å². The third kappa shape index (κ3) is 3.49. The van der Waals surface area contributed by atoms with E-state index in [9.17, 15) is 4.39 Å². The molecule has 4 rings (SSSR count). The second-order valence-corrected chi connectivity index (χ2v) is 6.65. The summed E-state index contributed by atoms with van der Waals surface area (Å²) in [7, 11) is 1.58. The summed E-state index contributed by atoms with van der Waals surface area (Å²) in [6, 6.07) is 11.2. The fraction of sp³-hybridized carbons (Fsp3) is 0.368. The Balaban J connectivity index is 1.49. The zero-order chi connectivity index (χ0) is 17.2. The molecule has 1 aromatic heterocycles. The van der Waals surface area contributed by atoms with Crippen LogP contribution >= 0.6 is 0 Å². The molecular weight excluding hydrogens is 319 g/mol. The third-order valence-electron chi connectivity index (χ3n) is 4.89. The predicted octanol–water partition coefficient (Wildman–Crippen LogP) is 3.49. The van der Waals surface area contributed by atoms with Gasteiger partial charge < -0.3 is 4.74 Å². The molecule has 6 heteroatoms. The van der Waals surface area contributed by atoms with Crippen molar-refractivity contribution in [1.82, 2.24) is 20.3 Å². The number of likely N-dealkylation sites (tertiary alicyclic amines) is 1. The number of hydrogen-bond acceptors (Lipinski definition) is 4. The Morgan fingerprint density at radius 1 is 1.20 bits per heavy atom. The molecule has 0 saturated carbocycles. The van der Waals surface area contributed by atoms with Crippen molar-refractivity contribution in [3.8, 4) is 5.75 Å². The lowest BCUT2D eigenvalue weighted by atomic mass is 9.90. The SMILES string of the molecule is COc1cc(F)cc(C2CCCN(Cc3ccc4n[nH]nc4c3)C2)c1. The van der Waals surface area contributed by atoms with Crippen molar-refractivity contribution in [3.05, 3.63) is 53.3 Å². The Bertz CT molecular complexity index is 879. The van der Waals surface area contributed by atoms with Gasteiger partial charge in [0.2, 0.25) is 0 Å². The number of aromatic nitrogens is 3. The molecule has 25 heavy (non-hydrogen) atoms. The van der Waals surface area contributed by atoms with E-state index in [0.29, 0.717) is 11.7 Å². The summed E-state index contributed by atoms with van der Waals surface area (Å²) >= 11 is 0. The van der Waals surface area contributed by atoms with Crippen molar-refractivity contribution in [2.75, 3.05) is 20.2 Å². The van der Waals surface area contributed by atoms with E-state index in [1.807, 2.05) is 12.1 Å². The van der Waals surface area contributed by atoms with Gasteiger partial charge in [-0.3, -0.25) is 4.90 Å². The topological polar surface area (TPSA) is 54.0 Å². The van der Waals surface area contributed by atoms with Gasteiger partial charge in [0, 0.05) is 19.2 Å². The van der Waals surface area contributed by atoms with E-state index in [1.54, 1.807) is 13.2 Å². The van der Waals surface area contributed by atoms with E-state index in [0.717, 1.165) is 49.1 Å². The number of fused-ring (bicyclic) bond motifs is 1. The van der Waals surface area contributed by atoms with Crippen LogP contribution in [-0.2, 0) is 6.54 Å². The minimum Gasteiger partial charge on any atom is -0.497 e. The molecule has 1 unspecified atom stereocenters. The Morgan fingerprint density at radius 3 is 2.96 bits per heavy atom. The number of H-pyrrole nitrogens is 1. The van der Waals surface area contributed by atoms with Crippen molar-refractivity contribution in [3.63, 3.8) is 0 Å². The standard InChI is InChI=1S/C19H21FN4O/c1-25-17-9-15(8-16(20)10-17)14-3-2-6-24(12-14)11-13-4-5-18-19(7-13)22-23-21-18/h4-5,7-10,14H,2-3,6,11-12H2,1H3,(H,21,22,23). The molecule has 3 aromatic rings. The highest BCUT2D eigenvalue weighted by Gasteiger charge is 2.22. The lowest BCUT2D eigenvalue weighted by Gasteiger charge is -2.33. The Hall–Kier alpha value is -2.47. The molecular formula is C19H21FN4O. The molecule has 0 amide bonds. The number of aromatic amines is 1. The number of piperidine rings is 1. The highest BCUT2D eigenvalue weighted by Crippen LogP contribution is 2.30. The minimum atomic E-state index is -0.233. The van der Waals surface area contributed by atoms with Gasteiger partial charge in [0.25, 0.3) is 0 Å². The predicted molar refractivity (Wildman–Crippen MR) is 94.1 cm³/mol. The van der Waals surface area contributed by atoms with Gasteiger partial charge in [-0.2, -0.15) is 15.4 Å². The largest absolute Gasteiger partial charge is 0.497 e. The van der Waals surface area contributed by atoms with Gasteiger partial charge in [0.05, 0.1) is 7.11 Å². The van der Waals surface area contributed by atoms with E-state index < -0.39 is 0 Å². The Labute approximate surface area is 145 Å². The summed E-state index contributed by atoms with van der Waals surface area (Å²) in [6.45, 7) is 2.84. The van der Waals surface area contributed by atoms with Crippen LogP contribution in [0.4, 0.5) is 4.39 Å². The van der Waals surface area contributed by atoms with E-state index in [2.05, 4.69) is 32.4 Å². The van der Waals surface area contributed by atoms with Gasteiger partial charge in [-0.05, 0) is 60.7 Å². The number of rotatable bonds is 4.